The van der Waals surface area contributed by atoms with Crippen molar-refractivity contribution in [1.82, 2.24) is 4.90 Å². The minimum absolute atomic E-state index is 0.0991. The molecule has 5 heteroatoms. The van der Waals surface area contributed by atoms with Crippen LogP contribution in [-0.2, 0) is 6.42 Å². The average molecular weight is 303 g/mol. The van der Waals surface area contributed by atoms with Gasteiger partial charge in [-0.2, -0.15) is 0 Å². The zero-order valence-electron chi connectivity index (χ0n) is 11.9. The van der Waals surface area contributed by atoms with Crippen molar-refractivity contribution >= 4 is 17.1 Å². The molecule has 0 bridgehead atoms. The van der Waals surface area contributed by atoms with Gasteiger partial charge in [0, 0.05) is 17.0 Å². The van der Waals surface area contributed by atoms with Gasteiger partial charge in [0.05, 0.1) is 6.54 Å². The fraction of sp³-hybridized carbons (Fsp3) is 0.312. The first-order chi connectivity index (χ1) is 10.2. The number of thiophene rings is 1. The molecule has 0 saturated carbocycles. The zero-order chi connectivity index (χ0) is 14.7. The lowest BCUT2D eigenvalue weighted by Gasteiger charge is -2.15. The Bertz CT molecular complexity index is 624. The van der Waals surface area contributed by atoms with Crippen LogP contribution in [0, 0.1) is 0 Å². The maximum Gasteiger partial charge on any atom is 0.231 e. The Labute approximate surface area is 127 Å². The van der Waals surface area contributed by atoms with Crippen LogP contribution in [0.3, 0.4) is 0 Å². The number of carbonyl (C=O) groups excluding carboxylic acids is 1. The number of fused-ring (bicyclic) bond motifs is 1. The summed E-state index contributed by atoms with van der Waals surface area (Å²) >= 11 is 1.75. The molecule has 2 heterocycles. The highest BCUT2D eigenvalue weighted by molar-refractivity contribution is 7.09. The van der Waals surface area contributed by atoms with Crippen LogP contribution in [0.2, 0.25) is 0 Å². The number of carbonyl (C=O) groups is 1. The number of hydrogen-bond acceptors (Lipinski definition) is 5. The Morgan fingerprint density at radius 3 is 2.95 bits per heavy atom. The quantitative estimate of drug-likeness (QED) is 0.769. The van der Waals surface area contributed by atoms with Crippen molar-refractivity contribution in [1.29, 1.82) is 0 Å². The molecule has 1 aromatic heterocycles. The van der Waals surface area contributed by atoms with E-state index in [1.54, 1.807) is 29.5 Å². The highest BCUT2D eigenvalue weighted by Gasteiger charge is 2.17. The molecule has 1 aliphatic heterocycles. The van der Waals surface area contributed by atoms with Crippen molar-refractivity contribution in [2.45, 2.75) is 6.42 Å². The van der Waals surface area contributed by atoms with E-state index < -0.39 is 0 Å². The molecule has 0 saturated heterocycles. The number of rotatable bonds is 6. The molecule has 4 nitrogen and oxygen atoms in total. The van der Waals surface area contributed by atoms with Crippen LogP contribution in [0.5, 0.6) is 11.5 Å². The van der Waals surface area contributed by atoms with Crippen LogP contribution >= 0.6 is 11.3 Å². The lowest BCUT2D eigenvalue weighted by atomic mass is 10.1. The number of ketones is 1. The van der Waals surface area contributed by atoms with Crippen molar-refractivity contribution in [3.8, 4) is 11.5 Å². The van der Waals surface area contributed by atoms with E-state index >= 15 is 0 Å². The Hall–Kier alpha value is -1.85. The molecule has 1 aliphatic rings. The van der Waals surface area contributed by atoms with E-state index in [-0.39, 0.29) is 12.6 Å². The number of likely N-dealkylation sites (N-methyl/N-ethyl adjacent to an activating group) is 1. The second kappa shape index (κ2) is 6.28. The molecule has 0 aliphatic carbocycles. The number of hydrogen-bond donors (Lipinski definition) is 0. The normalized spacial score (nSPS) is 12.9. The van der Waals surface area contributed by atoms with Gasteiger partial charge in [0.2, 0.25) is 6.79 Å². The average Bonchev–Trinajstić information content (AvgIpc) is 3.15. The van der Waals surface area contributed by atoms with Crippen molar-refractivity contribution in [3.63, 3.8) is 0 Å². The smallest absolute Gasteiger partial charge is 0.231 e. The van der Waals surface area contributed by atoms with Crippen LogP contribution in [0.4, 0.5) is 0 Å². The first kappa shape index (κ1) is 14.1. The van der Waals surface area contributed by atoms with E-state index in [1.807, 2.05) is 11.9 Å². The van der Waals surface area contributed by atoms with Crippen molar-refractivity contribution < 1.29 is 14.3 Å². The highest BCUT2D eigenvalue weighted by atomic mass is 32.1. The van der Waals surface area contributed by atoms with Crippen LogP contribution in [0.15, 0.2) is 35.7 Å². The molecule has 0 spiro atoms. The molecule has 0 radical (unpaired) electrons. The van der Waals surface area contributed by atoms with Gasteiger partial charge in [-0.15, -0.1) is 11.3 Å². The fourth-order valence-electron chi connectivity index (χ4n) is 2.24. The topological polar surface area (TPSA) is 38.8 Å². The van der Waals surface area contributed by atoms with E-state index in [1.165, 1.54) is 4.88 Å². The van der Waals surface area contributed by atoms with Gasteiger partial charge in [-0.25, -0.2) is 0 Å². The number of ether oxygens (including phenoxy) is 2. The molecule has 0 atom stereocenters. The van der Waals surface area contributed by atoms with Crippen LogP contribution in [-0.4, -0.2) is 37.6 Å². The van der Waals surface area contributed by atoms with Gasteiger partial charge >= 0.3 is 0 Å². The number of Topliss-reactive ketones (excluding diaryl/α,β-unsaturated/α-hetero) is 1. The summed E-state index contributed by atoms with van der Waals surface area (Å²) in [4.78, 5) is 15.7. The molecule has 0 fully saturated rings. The summed E-state index contributed by atoms with van der Waals surface area (Å²) < 4.78 is 10.6. The summed E-state index contributed by atoms with van der Waals surface area (Å²) in [5.74, 6) is 1.46. The minimum atomic E-state index is 0.0991. The summed E-state index contributed by atoms with van der Waals surface area (Å²) in [6.07, 6.45) is 0.975. The third-order valence-electron chi connectivity index (χ3n) is 3.43. The predicted molar refractivity (Wildman–Crippen MR) is 82.4 cm³/mol. The molecule has 2 aromatic rings. The van der Waals surface area contributed by atoms with Crippen molar-refractivity contribution in [2.24, 2.45) is 0 Å². The van der Waals surface area contributed by atoms with E-state index in [0.717, 1.165) is 13.0 Å². The van der Waals surface area contributed by atoms with Crippen LogP contribution in [0.1, 0.15) is 15.2 Å². The lowest BCUT2D eigenvalue weighted by molar-refractivity contribution is 0.0946. The van der Waals surface area contributed by atoms with E-state index in [0.29, 0.717) is 23.6 Å². The Kier molecular flexibility index (Phi) is 4.22. The summed E-state index contributed by atoms with van der Waals surface area (Å²) in [5.41, 5.74) is 0.669. The van der Waals surface area contributed by atoms with Gasteiger partial charge in [-0.1, -0.05) is 6.07 Å². The molecule has 3 rings (SSSR count). The lowest BCUT2D eigenvalue weighted by Crippen LogP contribution is -2.27. The molecule has 0 amide bonds. The number of benzene rings is 1. The summed E-state index contributed by atoms with van der Waals surface area (Å²) in [6, 6.07) is 9.53. The fourth-order valence-corrected chi connectivity index (χ4v) is 2.94. The second-order valence-electron chi connectivity index (χ2n) is 5.06. The highest BCUT2D eigenvalue weighted by Crippen LogP contribution is 2.32. The molecule has 0 N–H and O–H groups in total. The van der Waals surface area contributed by atoms with Crippen molar-refractivity contribution in [2.75, 3.05) is 26.9 Å². The monoisotopic (exact) mass is 303 g/mol. The molecule has 21 heavy (non-hydrogen) atoms. The Morgan fingerprint density at radius 2 is 2.14 bits per heavy atom. The second-order valence-corrected chi connectivity index (χ2v) is 6.09. The van der Waals surface area contributed by atoms with Gasteiger partial charge < -0.3 is 9.47 Å². The zero-order valence-corrected chi connectivity index (χ0v) is 12.7. The third kappa shape index (κ3) is 3.43. The third-order valence-corrected chi connectivity index (χ3v) is 4.36. The van der Waals surface area contributed by atoms with Gasteiger partial charge in [0.15, 0.2) is 17.3 Å². The summed E-state index contributed by atoms with van der Waals surface area (Å²) in [6.45, 7) is 1.51. The molecular formula is C16H17NO3S. The Balaban J connectivity index is 1.55. The molecule has 1 aromatic carbocycles. The van der Waals surface area contributed by atoms with Crippen LogP contribution in [0.25, 0.3) is 0 Å². The molecule has 0 unspecified atom stereocenters. The standard InChI is InChI=1S/C16H17NO3S/c1-17(7-6-13-3-2-8-21-13)10-14(18)12-4-5-15-16(9-12)20-11-19-15/h2-5,8-9H,6-7,10-11H2,1H3. The van der Waals surface area contributed by atoms with E-state index in [2.05, 4.69) is 17.5 Å². The minimum Gasteiger partial charge on any atom is -0.454 e. The first-order valence-electron chi connectivity index (χ1n) is 6.86. The van der Waals surface area contributed by atoms with Gasteiger partial charge in [-0.3, -0.25) is 9.69 Å². The van der Waals surface area contributed by atoms with E-state index in [4.69, 9.17) is 9.47 Å². The number of nitrogens with zero attached hydrogens (tertiary/aromatic N) is 1. The van der Waals surface area contributed by atoms with Gasteiger partial charge in [0.1, 0.15) is 0 Å². The maximum absolute atomic E-state index is 12.3. The Morgan fingerprint density at radius 1 is 1.29 bits per heavy atom. The van der Waals surface area contributed by atoms with E-state index in [9.17, 15) is 4.79 Å². The maximum atomic E-state index is 12.3. The predicted octanol–water partition coefficient (Wildman–Crippen LogP) is 2.83. The summed E-state index contributed by atoms with van der Waals surface area (Å²) in [5, 5.41) is 2.08. The largest absolute Gasteiger partial charge is 0.454 e. The van der Waals surface area contributed by atoms with Gasteiger partial charge in [0.25, 0.3) is 0 Å². The first-order valence-corrected chi connectivity index (χ1v) is 7.74. The van der Waals surface area contributed by atoms with Crippen molar-refractivity contribution in [3.05, 3.63) is 46.2 Å². The van der Waals surface area contributed by atoms with Gasteiger partial charge in [-0.05, 0) is 43.1 Å². The molecule has 110 valence electrons. The molecular weight excluding hydrogens is 286 g/mol. The summed E-state index contributed by atoms with van der Waals surface area (Å²) in [7, 11) is 1.97. The van der Waals surface area contributed by atoms with Crippen LogP contribution < -0.4 is 9.47 Å². The SMILES string of the molecule is CN(CCc1cccs1)CC(=O)c1ccc2c(c1)OCO2.